The topological polar surface area (TPSA) is 84.5 Å². The Bertz CT molecular complexity index is 1360. The van der Waals surface area contributed by atoms with E-state index >= 15 is 0 Å². The Morgan fingerprint density at radius 2 is 1.97 bits per heavy atom. The first kappa shape index (κ1) is 19.6. The minimum absolute atomic E-state index is 0.239. The van der Waals surface area contributed by atoms with Crippen LogP contribution in [0, 0.1) is 22.9 Å². The molecule has 0 radical (unpaired) electrons. The molecule has 0 spiro atoms. The summed E-state index contributed by atoms with van der Waals surface area (Å²) in [6.45, 7) is 3.98. The number of halogens is 3. The van der Waals surface area contributed by atoms with Crippen LogP contribution in [0.3, 0.4) is 0 Å². The fourth-order valence-electron chi connectivity index (χ4n) is 3.89. The molecule has 0 fully saturated rings. The lowest BCUT2D eigenvalue weighted by Gasteiger charge is -2.30. The van der Waals surface area contributed by atoms with Gasteiger partial charge in [-0.05, 0) is 32.0 Å². The van der Waals surface area contributed by atoms with Crippen LogP contribution in [0.2, 0.25) is 0 Å². The molecule has 0 aliphatic carbocycles. The number of H-pyrrole nitrogens is 1. The molecule has 4 heterocycles. The highest BCUT2D eigenvalue weighted by atomic mass is 19.2. The van der Waals surface area contributed by atoms with Crippen molar-refractivity contribution in [2.24, 2.45) is 7.05 Å². The lowest BCUT2D eigenvalue weighted by Crippen LogP contribution is -2.38. The molecule has 3 aromatic heterocycles. The molecule has 2 N–H and O–H groups in total. The highest BCUT2D eigenvalue weighted by molar-refractivity contribution is 6.06. The molecule has 5 rings (SSSR count). The van der Waals surface area contributed by atoms with Crippen molar-refractivity contribution < 1.29 is 17.9 Å². The van der Waals surface area contributed by atoms with Crippen LogP contribution < -0.4 is 0 Å². The zero-order valence-corrected chi connectivity index (χ0v) is 17.1. The Balaban J connectivity index is 1.64. The van der Waals surface area contributed by atoms with Gasteiger partial charge in [0.2, 0.25) is 0 Å². The van der Waals surface area contributed by atoms with Crippen LogP contribution in [0.25, 0.3) is 16.9 Å². The van der Waals surface area contributed by atoms with Gasteiger partial charge in [-0.25, -0.2) is 13.2 Å². The molecule has 10 heteroatoms. The largest absolute Gasteiger partial charge is 0.363 e. The fourth-order valence-corrected chi connectivity index (χ4v) is 3.89. The smallest absolute Gasteiger partial charge is 0.165 e. The third-order valence-corrected chi connectivity index (χ3v) is 5.68. The zero-order chi connectivity index (χ0) is 22.1. The van der Waals surface area contributed by atoms with E-state index < -0.39 is 28.6 Å². The third kappa shape index (κ3) is 2.89. The van der Waals surface area contributed by atoms with Crippen molar-refractivity contribution in [2.45, 2.75) is 32.5 Å². The van der Waals surface area contributed by atoms with Gasteiger partial charge in [0, 0.05) is 24.6 Å². The zero-order valence-electron chi connectivity index (χ0n) is 17.1. The maximum absolute atomic E-state index is 14.2. The molecule has 0 atom stereocenters. The molecule has 160 valence electrons. The van der Waals surface area contributed by atoms with E-state index in [9.17, 15) is 13.2 Å². The molecular formula is C21H19F3N6O. The van der Waals surface area contributed by atoms with Crippen molar-refractivity contribution in [2.75, 3.05) is 0 Å². The number of hydrogen-bond donors (Lipinski definition) is 2. The molecule has 1 aliphatic heterocycles. The number of aryl methyl sites for hydroxylation is 1. The van der Waals surface area contributed by atoms with Gasteiger partial charge >= 0.3 is 0 Å². The monoisotopic (exact) mass is 428 g/mol. The van der Waals surface area contributed by atoms with Crippen LogP contribution in [0.1, 0.15) is 36.4 Å². The van der Waals surface area contributed by atoms with E-state index in [-0.39, 0.29) is 6.42 Å². The second-order valence-electron chi connectivity index (χ2n) is 8.08. The molecule has 1 aliphatic rings. The van der Waals surface area contributed by atoms with Crippen LogP contribution in [0.4, 0.5) is 13.2 Å². The summed E-state index contributed by atoms with van der Waals surface area (Å²) in [5, 5.41) is 17.8. The second-order valence-corrected chi connectivity index (χ2v) is 8.08. The van der Waals surface area contributed by atoms with E-state index in [2.05, 4.69) is 15.2 Å². The fraction of sp³-hybridized carbons (Fsp3) is 0.286. The highest BCUT2D eigenvalue weighted by Gasteiger charge is 2.34. The van der Waals surface area contributed by atoms with Gasteiger partial charge in [-0.2, -0.15) is 14.9 Å². The van der Waals surface area contributed by atoms with Gasteiger partial charge < -0.3 is 15.1 Å². The van der Waals surface area contributed by atoms with E-state index in [1.165, 1.54) is 0 Å². The number of aromatic amines is 1. The van der Waals surface area contributed by atoms with Crippen LogP contribution >= 0.6 is 0 Å². The molecule has 0 saturated carbocycles. The van der Waals surface area contributed by atoms with Crippen LogP contribution in [-0.2, 0) is 24.8 Å². The molecule has 4 aromatic rings. The van der Waals surface area contributed by atoms with E-state index in [1.54, 1.807) is 28.7 Å². The van der Waals surface area contributed by atoms with Gasteiger partial charge in [0.15, 0.2) is 17.3 Å². The third-order valence-electron chi connectivity index (χ3n) is 5.68. The summed E-state index contributed by atoms with van der Waals surface area (Å²) >= 11 is 0. The van der Waals surface area contributed by atoms with Crippen molar-refractivity contribution in [3.8, 4) is 5.82 Å². The number of rotatable bonds is 3. The Morgan fingerprint density at radius 1 is 1.23 bits per heavy atom. The highest BCUT2D eigenvalue weighted by Crippen LogP contribution is 2.31. The molecule has 0 saturated heterocycles. The van der Waals surface area contributed by atoms with Crippen LogP contribution in [0.5, 0.6) is 0 Å². The summed E-state index contributed by atoms with van der Waals surface area (Å²) < 4.78 is 51.0. The van der Waals surface area contributed by atoms with Crippen molar-refractivity contribution in [3.63, 3.8) is 0 Å². The molecule has 7 nitrogen and oxygen atoms in total. The van der Waals surface area contributed by atoms with Crippen molar-refractivity contribution in [1.82, 2.24) is 24.5 Å². The molecular weight excluding hydrogens is 409 g/mol. The summed E-state index contributed by atoms with van der Waals surface area (Å²) in [5.74, 6) is -2.61. The van der Waals surface area contributed by atoms with Crippen molar-refractivity contribution in [3.05, 3.63) is 64.4 Å². The van der Waals surface area contributed by atoms with Gasteiger partial charge in [-0.3, -0.25) is 4.68 Å². The molecule has 1 aromatic carbocycles. The Morgan fingerprint density at radius 3 is 2.74 bits per heavy atom. The minimum atomic E-state index is -1.23. The van der Waals surface area contributed by atoms with Crippen LogP contribution in [0.15, 0.2) is 24.4 Å². The van der Waals surface area contributed by atoms with Gasteiger partial charge in [-0.1, -0.05) is 0 Å². The number of benzene rings is 1. The summed E-state index contributed by atoms with van der Waals surface area (Å²) in [5.41, 5.74) is 1.65. The molecule has 0 bridgehead atoms. The van der Waals surface area contributed by atoms with Gasteiger partial charge in [-0.15, -0.1) is 0 Å². The maximum atomic E-state index is 14.2. The first-order valence-electron chi connectivity index (χ1n) is 9.65. The number of hydrogen-bond acceptors (Lipinski definition) is 4. The Labute approximate surface area is 174 Å². The maximum Gasteiger partial charge on any atom is 0.165 e. The van der Waals surface area contributed by atoms with Crippen LogP contribution in [-0.4, -0.2) is 35.9 Å². The summed E-state index contributed by atoms with van der Waals surface area (Å²) in [7, 11) is 1.73. The van der Waals surface area contributed by atoms with Gasteiger partial charge in [0.05, 0.1) is 35.3 Å². The molecule has 0 amide bonds. The number of ether oxygens (including phenoxy) is 1. The van der Waals surface area contributed by atoms with Crippen molar-refractivity contribution in [1.29, 1.82) is 5.41 Å². The first-order chi connectivity index (χ1) is 14.7. The van der Waals surface area contributed by atoms with Gasteiger partial charge in [0.25, 0.3) is 0 Å². The van der Waals surface area contributed by atoms with E-state index in [0.29, 0.717) is 34.9 Å². The summed E-state index contributed by atoms with van der Waals surface area (Å²) in [6.07, 6.45) is 1.32. The molecule has 0 unspecified atom stereocenters. The van der Waals surface area contributed by atoms with E-state index in [1.807, 2.05) is 13.8 Å². The van der Waals surface area contributed by atoms with E-state index in [0.717, 1.165) is 23.4 Å². The Kier molecular flexibility index (Phi) is 4.13. The number of nitrogens with one attached hydrogen (secondary N) is 2. The lowest BCUT2D eigenvalue weighted by atomic mass is 9.93. The Hall–Kier alpha value is -3.40. The minimum Gasteiger partial charge on any atom is -0.363 e. The normalized spacial score (nSPS) is 15.6. The lowest BCUT2D eigenvalue weighted by molar-refractivity contribution is 0.0143. The summed E-state index contributed by atoms with van der Waals surface area (Å²) in [6, 6.07) is 3.46. The number of fused-ring (bicyclic) bond motifs is 2. The van der Waals surface area contributed by atoms with Crippen molar-refractivity contribution >= 4 is 16.7 Å². The number of aromatic nitrogens is 5. The quantitative estimate of drug-likeness (QED) is 0.487. The van der Waals surface area contributed by atoms with Gasteiger partial charge in [0.1, 0.15) is 17.2 Å². The number of nitrogens with zero attached hydrogens (tertiary/aromatic N) is 4. The standard InChI is InChI=1S/C21H19F3N6O/c1-21(2)19(25)11-7-17(27-16(11)9-31-21)30-20-12(8-26-29(20)3)15(28-30)6-10-13(22)4-5-14(23)18(10)24/h4-5,7-8,25,27H,6,9H2,1-3H3. The average molecular weight is 428 g/mol. The molecule has 31 heavy (non-hydrogen) atoms. The predicted octanol–water partition coefficient (Wildman–Crippen LogP) is 3.77. The van der Waals surface area contributed by atoms with E-state index in [4.69, 9.17) is 10.1 Å². The second kappa shape index (κ2) is 6.55. The first-order valence-corrected chi connectivity index (χ1v) is 9.65. The SMILES string of the molecule is Cn1ncc2c(Cc3c(F)ccc(F)c3F)nn(-c3cc4c([nH]3)COC(C)(C)C4=N)c21. The summed E-state index contributed by atoms with van der Waals surface area (Å²) in [4.78, 5) is 3.22. The predicted molar refractivity (Wildman–Crippen MR) is 107 cm³/mol. The average Bonchev–Trinajstić information content (AvgIpc) is 3.41.